The topological polar surface area (TPSA) is 63.0 Å². The molecule has 30 heavy (non-hydrogen) atoms. The van der Waals surface area contributed by atoms with Gasteiger partial charge in [-0.05, 0) is 40.2 Å². The molecule has 2 heterocycles. The minimum Gasteiger partial charge on any atom is -0.352 e. The molecule has 2 aromatic heterocycles. The molecular formula is C17H19Cl2F2IN5OPS. The third kappa shape index (κ3) is 5.51. The number of halogens is 5. The van der Waals surface area contributed by atoms with E-state index in [0.29, 0.717) is 22.1 Å². The van der Waals surface area contributed by atoms with Crippen molar-refractivity contribution >= 4 is 90.8 Å². The van der Waals surface area contributed by atoms with Crippen molar-refractivity contribution in [3.05, 3.63) is 40.3 Å². The summed E-state index contributed by atoms with van der Waals surface area (Å²) in [6, 6.07) is 6.52. The van der Waals surface area contributed by atoms with Gasteiger partial charge in [0, 0.05) is 24.4 Å². The second kappa shape index (κ2) is 11.2. The normalized spacial score (nSPS) is 12.3. The van der Waals surface area contributed by atoms with E-state index in [4.69, 9.17) is 23.2 Å². The molecule has 0 spiro atoms. The van der Waals surface area contributed by atoms with Crippen LogP contribution >= 0.6 is 51.6 Å². The number of alkyl halides is 2. The summed E-state index contributed by atoms with van der Waals surface area (Å²) in [5, 5.41) is 3.74. The van der Waals surface area contributed by atoms with Gasteiger partial charge in [0.25, 0.3) is 6.43 Å². The van der Waals surface area contributed by atoms with Gasteiger partial charge in [0.1, 0.15) is 21.7 Å². The van der Waals surface area contributed by atoms with E-state index in [1.165, 1.54) is 21.0 Å². The molecule has 1 aromatic carbocycles. The van der Waals surface area contributed by atoms with Crippen molar-refractivity contribution in [1.82, 2.24) is 14.3 Å². The lowest BCUT2D eigenvalue weighted by atomic mass is 10.2. The van der Waals surface area contributed by atoms with Crippen LogP contribution in [0.25, 0.3) is 11.2 Å². The van der Waals surface area contributed by atoms with Crippen LogP contribution in [-0.4, -0.2) is 31.8 Å². The van der Waals surface area contributed by atoms with Gasteiger partial charge in [-0.3, -0.25) is 8.64 Å². The van der Waals surface area contributed by atoms with Crippen LogP contribution in [0.5, 0.6) is 0 Å². The number of nitrogens with zero attached hydrogens (tertiary/aromatic N) is 4. The van der Waals surface area contributed by atoms with E-state index in [9.17, 15) is 13.0 Å². The Kier molecular flexibility index (Phi) is 9.48. The van der Waals surface area contributed by atoms with Gasteiger partial charge >= 0.3 is 0 Å². The summed E-state index contributed by atoms with van der Waals surface area (Å²) in [5.41, 5.74) is 2.07. The average Bonchev–Trinajstić information content (AvgIpc) is 3.09. The van der Waals surface area contributed by atoms with Crippen LogP contribution in [0, 0.1) is 0 Å². The van der Waals surface area contributed by atoms with E-state index in [2.05, 4.69) is 15.3 Å². The Morgan fingerprint density at radius 1 is 1.23 bits per heavy atom. The molecule has 0 bridgehead atoms. The van der Waals surface area contributed by atoms with Crippen molar-refractivity contribution in [2.75, 3.05) is 22.9 Å². The lowest BCUT2D eigenvalue weighted by Crippen LogP contribution is -2.19. The van der Waals surface area contributed by atoms with Gasteiger partial charge in [0.2, 0.25) is 0 Å². The van der Waals surface area contributed by atoms with Gasteiger partial charge in [-0.25, -0.2) is 23.0 Å². The largest absolute Gasteiger partial charge is 0.352 e. The van der Waals surface area contributed by atoms with Gasteiger partial charge < -0.3 is 5.32 Å². The highest BCUT2D eigenvalue weighted by atomic mass is 127. The van der Waals surface area contributed by atoms with E-state index < -0.39 is 17.4 Å². The molecule has 0 aliphatic carbocycles. The first-order valence-corrected chi connectivity index (χ1v) is 14.9. The molecule has 3 aromatic rings. The fraction of sp³-hybridized carbons (Fsp3) is 0.294. The van der Waals surface area contributed by atoms with Gasteiger partial charge in [-0.1, -0.05) is 37.0 Å². The number of benzene rings is 1. The molecule has 0 amide bonds. The Hall–Kier alpha value is -0.810. The minimum absolute atomic E-state index is 0.0216. The van der Waals surface area contributed by atoms with Crippen molar-refractivity contribution in [3.63, 3.8) is 0 Å². The number of nitrogens with one attached hydrogen (secondary N) is 1. The summed E-state index contributed by atoms with van der Waals surface area (Å²) >= 11 is 14.2. The summed E-state index contributed by atoms with van der Waals surface area (Å²) in [6.45, 7) is 4.00. The number of hydrogen-bond acceptors (Lipinski definition) is 4. The number of aromatic nitrogens is 3. The first kappa shape index (κ1) is 25.5. The van der Waals surface area contributed by atoms with Gasteiger partial charge in [0.05, 0.1) is 23.4 Å². The summed E-state index contributed by atoms with van der Waals surface area (Å²) in [5.74, 6) is -0.372. The third-order valence-electron chi connectivity index (χ3n) is 3.84. The van der Waals surface area contributed by atoms with Crippen molar-refractivity contribution < 1.29 is 13.0 Å². The number of pyridine rings is 1. The number of hydrogen-bond donors (Lipinski definition) is 1. The monoisotopic (exact) mass is 607 g/mol. The van der Waals surface area contributed by atoms with Crippen LogP contribution in [0.2, 0.25) is 10.2 Å². The van der Waals surface area contributed by atoms with Crippen LogP contribution < -0.4 is 9.62 Å². The number of anilines is 3. The number of rotatable bonds is 6. The predicted molar refractivity (Wildman–Crippen MR) is 134 cm³/mol. The van der Waals surface area contributed by atoms with E-state index in [-0.39, 0.29) is 28.5 Å². The zero-order valence-corrected chi connectivity index (χ0v) is 21.9. The predicted octanol–water partition coefficient (Wildman–Crippen LogP) is 6.97. The second-order valence-corrected chi connectivity index (χ2v) is 9.85. The molecule has 0 aliphatic rings. The summed E-state index contributed by atoms with van der Waals surface area (Å²) in [6.07, 6.45) is -1.24. The maximum atomic E-state index is 13.4. The summed E-state index contributed by atoms with van der Waals surface area (Å²) in [7, 11) is 0.357. The quantitative estimate of drug-likeness (QED) is 0.187. The molecule has 3 rings (SSSR count). The Bertz CT molecular complexity index is 1070. The highest BCUT2D eigenvalue weighted by Crippen LogP contribution is 2.39. The van der Waals surface area contributed by atoms with Crippen molar-refractivity contribution in [1.29, 1.82) is 0 Å². The summed E-state index contributed by atoms with van der Waals surface area (Å²) in [4.78, 5) is 8.25. The molecule has 1 N–H and O–H groups in total. The van der Waals surface area contributed by atoms with E-state index in [0.717, 1.165) is 0 Å². The van der Waals surface area contributed by atoms with Crippen molar-refractivity contribution in [3.8, 4) is 0 Å². The van der Waals surface area contributed by atoms with Crippen LogP contribution in [0.1, 0.15) is 26.1 Å². The van der Waals surface area contributed by atoms with Crippen molar-refractivity contribution in [2.45, 2.75) is 20.3 Å². The zero-order valence-electron chi connectivity index (χ0n) is 16.4. The maximum Gasteiger partial charge on any atom is 0.295 e. The molecule has 0 aliphatic heterocycles. The molecule has 6 nitrogen and oxygen atoms in total. The molecule has 2 unspecified atom stereocenters. The SMILES string of the molecule is CC.CN(c1cc(Cl)ccc1Nc1cc(Cl)nc2c1nc(C(F)F)n2PI)S(C)=O. The van der Waals surface area contributed by atoms with E-state index >= 15 is 0 Å². The molecule has 0 saturated carbocycles. The Morgan fingerprint density at radius 3 is 2.47 bits per heavy atom. The van der Waals surface area contributed by atoms with E-state index in [1.54, 1.807) is 25.2 Å². The fourth-order valence-corrected chi connectivity index (χ4v) is 5.19. The molecule has 0 fully saturated rings. The smallest absolute Gasteiger partial charge is 0.295 e. The fourth-order valence-electron chi connectivity index (χ4n) is 2.51. The number of fused-ring (bicyclic) bond motifs is 1. The van der Waals surface area contributed by atoms with Gasteiger partial charge in [-0.15, -0.1) is 0 Å². The highest BCUT2D eigenvalue weighted by Gasteiger charge is 2.22. The molecular weight excluding hydrogens is 589 g/mol. The Labute approximate surface area is 200 Å². The Morgan fingerprint density at radius 2 is 1.90 bits per heavy atom. The first-order valence-electron chi connectivity index (χ1n) is 8.60. The lowest BCUT2D eigenvalue weighted by molar-refractivity contribution is 0.140. The van der Waals surface area contributed by atoms with Crippen LogP contribution in [0.3, 0.4) is 0 Å². The summed E-state index contributed by atoms with van der Waals surface area (Å²) < 4.78 is 41.6. The second-order valence-electron chi connectivity index (χ2n) is 5.56. The lowest BCUT2D eigenvalue weighted by Gasteiger charge is -2.20. The standard InChI is InChI=1S/C15H13Cl2F2IN5OPS.C2H6/c1-24(28(2)26)10-5-7(16)3-4-8(10)21-9-6-11(17)22-14-12(9)23-15(13(18)19)25(14)27-20;1-2/h3-6,13,27H,1-2H3,(H,21,22);1-2H3. The highest BCUT2D eigenvalue weighted by molar-refractivity contribution is 14.2. The van der Waals surface area contributed by atoms with E-state index in [1.807, 2.05) is 35.9 Å². The third-order valence-corrected chi connectivity index (χ3v) is 7.30. The molecule has 164 valence electrons. The van der Waals surface area contributed by atoms with Gasteiger partial charge in [0.15, 0.2) is 11.5 Å². The van der Waals surface area contributed by atoms with Crippen LogP contribution in [0.15, 0.2) is 24.3 Å². The zero-order chi connectivity index (χ0) is 22.6. The molecule has 2 atom stereocenters. The molecule has 0 radical (unpaired) electrons. The van der Waals surface area contributed by atoms with Crippen molar-refractivity contribution in [2.24, 2.45) is 0 Å². The number of imidazole rings is 1. The maximum absolute atomic E-state index is 13.4. The average molecular weight is 608 g/mol. The first-order chi connectivity index (χ1) is 14.2. The van der Waals surface area contributed by atoms with Crippen LogP contribution in [-0.2, 0) is 11.0 Å². The molecule has 0 saturated heterocycles. The van der Waals surface area contributed by atoms with Crippen LogP contribution in [0.4, 0.5) is 25.8 Å². The van der Waals surface area contributed by atoms with Gasteiger partial charge in [-0.2, -0.15) is 0 Å². The Balaban J connectivity index is 0.00000155. The minimum atomic E-state index is -2.75. The molecule has 13 heteroatoms.